The maximum Gasteiger partial charge on any atom is 0.123 e. The van der Waals surface area contributed by atoms with Gasteiger partial charge in [0.15, 0.2) is 0 Å². The van der Waals surface area contributed by atoms with Crippen molar-refractivity contribution in [3.63, 3.8) is 0 Å². The van der Waals surface area contributed by atoms with E-state index >= 15 is 0 Å². The molecule has 3 unspecified atom stereocenters. The van der Waals surface area contributed by atoms with Crippen LogP contribution in [0.2, 0.25) is 0 Å². The molecule has 0 aromatic heterocycles. The predicted octanol–water partition coefficient (Wildman–Crippen LogP) is 4.68. The Balaban J connectivity index is 1.30. The highest BCUT2D eigenvalue weighted by molar-refractivity contribution is 5.93. The number of benzene rings is 4. The summed E-state index contributed by atoms with van der Waals surface area (Å²) in [7, 11) is 0. The summed E-state index contributed by atoms with van der Waals surface area (Å²) in [5, 5.41) is 13.5. The Morgan fingerprint density at radius 1 is 0.610 bits per heavy atom. The van der Waals surface area contributed by atoms with Gasteiger partial charge in [-0.05, 0) is 57.9 Å². The zero-order chi connectivity index (χ0) is 27.6. The van der Waals surface area contributed by atoms with E-state index < -0.39 is 0 Å². The maximum absolute atomic E-state index is 9.21. The van der Waals surface area contributed by atoms with Gasteiger partial charge in [0.1, 0.15) is 61.1 Å². The molecule has 0 radical (unpaired) electrons. The molecule has 0 spiro atoms. The lowest BCUT2D eigenvalue weighted by Crippen LogP contribution is -2.09. The molecule has 0 aliphatic carbocycles. The largest absolute Gasteiger partial charge is 0.493 e. The summed E-state index contributed by atoms with van der Waals surface area (Å²) in [5.74, 6) is 3.19. The van der Waals surface area contributed by atoms with Crippen LogP contribution in [0.4, 0.5) is 0 Å². The van der Waals surface area contributed by atoms with Crippen LogP contribution in [-0.4, -0.2) is 76.3 Å². The van der Waals surface area contributed by atoms with Crippen LogP contribution < -0.4 is 18.9 Å². The zero-order valence-corrected chi connectivity index (χ0v) is 22.9. The molecule has 214 valence electrons. The quantitative estimate of drug-likeness (QED) is 0.166. The smallest absolute Gasteiger partial charge is 0.123 e. The van der Waals surface area contributed by atoms with Gasteiger partial charge in [0.25, 0.3) is 0 Å². The molecule has 0 bridgehead atoms. The third-order valence-electron chi connectivity index (χ3n) is 7.54. The van der Waals surface area contributed by atoms with Crippen molar-refractivity contribution in [2.45, 2.75) is 31.2 Å². The number of hydrogen-bond donors (Lipinski definition) is 1. The van der Waals surface area contributed by atoms with E-state index in [9.17, 15) is 5.11 Å². The van der Waals surface area contributed by atoms with Gasteiger partial charge >= 0.3 is 0 Å². The van der Waals surface area contributed by atoms with Gasteiger partial charge < -0.3 is 38.3 Å². The summed E-state index contributed by atoms with van der Waals surface area (Å²) in [4.78, 5) is 0. The van der Waals surface area contributed by atoms with Gasteiger partial charge in [-0.25, -0.2) is 0 Å². The predicted molar refractivity (Wildman–Crippen MR) is 154 cm³/mol. The second-order valence-electron chi connectivity index (χ2n) is 10.8. The van der Waals surface area contributed by atoms with E-state index in [-0.39, 0.29) is 24.9 Å². The van der Waals surface area contributed by atoms with Gasteiger partial charge in [0.2, 0.25) is 0 Å². The molecule has 4 aromatic rings. The molecular weight excluding hydrogens is 524 g/mol. The molecule has 3 fully saturated rings. The lowest BCUT2D eigenvalue weighted by atomic mass is 9.93. The van der Waals surface area contributed by atoms with E-state index in [4.69, 9.17) is 33.2 Å². The summed E-state index contributed by atoms with van der Waals surface area (Å²) >= 11 is 0. The standard InChI is InChI=1S/C33H34O8/c34-10-1-11-35-23-6-2-21-4-8-32(40-19-26-17-38-26)30(28(21)12-23)14-31-29-13-24(36-15-25-16-37-25)7-3-22(29)5-9-33(31)41-20-27-18-39-27/h2-9,12-13,25-27,34H,1,10-11,14-20H2. The molecule has 3 atom stereocenters. The third kappa shape index (κ3) is 6.52. The Bertz CT molecular complexity index is 1520. The van der Waals surface area contributed by atoms with Crippen molar-refractivity contribution < 1.29 is 38.3 Å². The fraction of sp³-hybridized carbons (Fsp3) is 0.394. The van der Waals surface area contributed by atoms with Gasteiger partial charge in [-0.3, -0.25) is 0 Å². The van der Waals surface area contributed by atoms with Gasteiger partial charge in [0, 0.05) is 30.6 Å². The second kappa shape index (κ2) is 11.7. The molecule has 4 aromatic carbocycles. The molecule has 3 heterocycles. The maximum atomic E-state index is 9.21. The van der Waals surface area contributed by atoms with E-state index in [0.717, 1.165) is 75.5 Å². The number of epoxide rings is 3. The van der Waals surface area contributed by atoms with Crippen LogP contribution in [0, 0.1) is 0 Å². The molecule has 3 aliphatic heterocycles. The molecule has 41 heavy (non-hydrogen) atoms. The molecule has 3 saturated heterocycles. The molecule has 1 N–H and O–H groups in total. The van der Waals surface area contributed by atoms with Gasteiger partial charge in [-0.1, -0.05) is 24.3 Å². The van der Waals surface area contributed by atoms with E-state index in [1.54, 1.807) is 0 Å². The Hall–Kier alpha value is -3.56. The van der Waals surface area contributed by atoms with Gasteiger partial charge in [-0.15, -0.1) is 0 Å². The number of ether oxygens (including phenoxy) is 7. The summed E-state index contributed by atoms with van der Waals surface area (Å²) in [6.45, 7) is 4.31. The van der Waals surface area contributed by atoms with Crippen molar-refractivity contribution in [3.05, 3.63) is 71.8 Å². The fourth-order valence-corrected chi connectivity index (χ4v) is 4.98. The average Bonchev–Trinajstić information content (AvgIpc) is 3.85. The molecular formula is C33H34O8. The highest BCUT2D eigenvalue weighted by atomic mass is 16.6. The van der Waals surface area contributed by atoms with Crippen molar-refractivity contribution in [1.82, 2.24) is 0 Å². The van der Waals surface area contributed by atoms with Crippen LogP contribution in [0.25, 0.3) is 21.5 Å². The first kappa shape index (κ1) is 26.3. The molecule has 8 nitrogen and oxygen atoms in total. The molecule has 0 amide bonds. The monoisotopic (exact) mass is 558 g/mol. The summed E-state index contributed by atoms with van der Waals surface area (Å²) in [6.07, 6.45) is 1.61. The fourth-order valence-electron chi connectivity index (χ4n) is 4.98. The molecule has 3 aliphatic rings. The summed E-state index contributed by atoms with van der Waals surface area (Å²) < 4.78 is 40.9. The lowest BCUT2D eigenvalue weighted by molar-refractivity contribution is 0.233. The number of aliphatic hydroxyl groups is 1. The van der Waals surface area contributed by atoms with Crippen molar-refractivity contribution in [2.24, 2.45) is 0 Å². The summed E-state index contributed by atoms with van der Waals surface area (Å²) in [6, 6.07) is 20.6. The van der Waals surface area contributed by atoms with Crippen molar-refractivity contribution in [2.75, 3.05) is 52.9 Å². The summed E-state index contributed by atoms with van der Waals surface area (Å²) in [5.41, 5.74) is 2.11. The van der Waals surface area contributed by atoms with E-state index in [1.807, 2.05) is 24.3 Å². The average molecular weight is 559 g/mol. The molecule has 8 heteroatoms. The molecule has 7 rings (SSSR count). The van der Waals surface area contributed by atoms with Crippen LogP contribution in [0.5, 0.6) is 23.0 Å². The first-order chi connectivity index (χ1) is 20.2. The number of fused-ring (bicyclic) bond motifs is 2. The minimum absolute atomic E-state index is 0.0925. The van der Waals surface area contributed by atoms with Crippen molar-refractivity contribution in [1.29, 1.82) is 0 Å². The lowest BCUT2D eigenvalue weighted by Gasteiger charge is -2.19. The number of rotatable bonds is 15. The third-order valence-corrected chi connectivity index (χ3v) is 7.54. The zero-order valence-electron chi connectivity index (χ0n) is 22.9. The topological polar surface area (TPSA) is 94.7 Å². The Kier molecular flexibility index (Phi) is 7.54. The van der Waals surface area contributed by atoms with Gasteiger partial charge in [-0.2, -0.15) is 0 Å². The minimum Gasteiger partial charge on any atom is -0.493 e. The molecule has 0 saturated carbocycles. The minimum atomic E-state index is 0.0925. The van der Waals surface area contributed by atoms with Crippen LogP contribution >= 0.6 is 0 Å². The highest BCUT2D eigenvalue weighted by Crippen LogP contribution is 2.39. The van der Waals surface area contributed by atoms with E-state index in [0.29, 0.717) is 39.3 Å². The normalized spacial score (nSPS) is 20.7. The van der Waals surface area contributed by atoms with E-state index in [1.165, 1.54) is 0 Å². The Morgan fingerprint density at radius 2 is 1.07 bits per heavy atom. The second-order valence-corrected chi connectivity index (χ2v) is 10.8. The van der Waals surface area contributed by atoms with E-state index in [2.05, 4.69) is 36.4 Å². The first-order valence-electron chi connectivity index (χ1n) is 14.3. The highest BCUT2D eigenvalue weighted by Gasteiger charge is 2.26. The SMILES string of the molecule is OCCCOc1ccc2ccc(OCC3CO3)c(Cc3c(OCC4CO4)ccc4ccc(OCC5CO5)cc34)c2c1. The number of hydrogen-bond acceptors (Lipinski definition) is 8. The van der Waals surface area contributed by atoms with Crippen LogP contribution in [0.15, 0.2) is 60.7 Å². The Labute approximate surface area is 238 Å². The van der Waals surface area contributed by atoms with Gasteiger partial charge in [0.05, 0.1) is 26.4 Å². The van der Waals surface area contributed by atoms with Crippen LogP contribution in [0.3, 0.4) is 0 Å². The van der Waals surface area contributed by atoms with Crippen LogP contribution in [0.1, 0.15) is 17.5 Å². The first-order valence-corrected chi connectivity index (χ1v) is 14.3. The van der Waals surface area contributed by atoms with Crippen molar-refractivity contribution in [3.8, 4) is 23.0 Å². The van der Waals surface area contributed by atoms with Crippen molar-refractivity contribution >= 4 is 21.5 Å². The number of aliphatic hydroxyl groups excluding tert-OH is 1. The van der Waals surface area contributed by atoms with Crippen LogP contribution in [-0.2, 0) is 20.6 Å². The Morgan fingerprint density at radius 3 is 1.56 bits per heavy atom.